The Kier molecular flexibility index (Phi) is 5.79. The summed E-state index contributed by atoms with van der Waals surface area (Å²) in [5.41, 5.74) is 0.737. The van der Waals surface area contributed by atoms with Crippen molar-refractivity contribution in [2.24, 2.45) is 0 Å². The highest BCUT2D eigenvalue weighted by molar-refractivity contribution is 5.91. The maximum absolute atomic E-state index is 12.8. The van der Waals surface area contributed by atoms with E-state index in [1.807, 2.05) is 23.1 Å². The molecule has 1 fully saturated rings. The average molecular weight is 427 g/mol. The lowest BCUT2D eigenvalue weighted by Crippen LogP contribution is -2.50. The molecule has 2 N–H and O–H groups in total. The lowest BCUT2D eigenvalue weighted by atomic mass is 10.0. The Hall–Kier alpha value is -3.56. The van der Waals surface area contributed by atoms with Gasteiger partial charge in [-0.2, -0.15) is 0 Å². The number of hydrogen-bond acceptors (Lipinski definition) is 5. The molecule has 0 saturated carbocycles. The van der Waals surface area contributed by atoms with Crippen LogP contribution in [0.15, 0.2) is 40.1 Å². The third-order valence-electron chi connectivity index (χ3n) is 5.90. The summed E-state index contributed by atoms with van der Waals surface area (Å²) in [5, 5.41) is 2.98. The number of carbonyl (C=O) groups excluding carboxylic acids is 2. The molecule has 2 aromatic rings. The van der Waals surface area contributed by atoms with Crippen molar-refractivity contribution in [3.05, 3.63) is 56.9 Å². The second-order valence-electron chi connectivity index (χ2n) is 7.75. The molecule has 164 valence electrons. The zero-order valence-corrected chi connectivity index (χ0v) is 17.3. The van der Waals surface area contributed by atoms with E-state index in [4.69, 9.17) is 4.74 Å². The zero-order chi connectivity index (χ0) is 22.0. The Labute approximate surface area is 178 Å². The molecule has 4 rings (SSSR count). The minimum absolute atomic E-state index is 0.0380. The SMILES string of the molecule is COc1ccc2c(c1)CCN(C1CCN(C(=O)Cn3ccc(=O)[nH]c3=O)CC1)C(=O)N2. The molecule has 31 heavy (non-hydrogen) atoms. The van der Waals surface area contributed by atoms with Gasteiger partial charge in [-0.05, 0) is 43.0 Å². The second-order valence-corrected chi connectivity index (χ2v) is 7.75. The van der Waals surface area contributed by atoms with Gasteiger partial charge in [0.15, 0.2) is 0 Å². The van der Waals surface area contributed by atoms with Gasteiger partial charge < -0.3 is 19.9 Å². The minimum atomic E-state index is -0.604. The van der Waals surface area contributed by atoms with Crippen LogP contribution in [0.3, 0.4) is 0 Å². The monoisotopic (exact) mass is 427 g/mol. The summed E-state index contributed by atoms with van der Waals surface area (Å²) < 4.78 is 6.46. The highest BCUT2D eigenvalue weighted by Gasteiger charge is 2.31. The van der Waals surface area contributed by atoms with Crippen molar-refractivity contribution in [1.82, 2.24) is 19.4 Å². The fourth-order valence-electron chi connectivity index (χ4n) is 4.15. The van der Waals surface area contributed by atoms with E-state index in [9.17, 15) is 19.2 Å². The molecule has 0 atom stereocenters. The molecule has 3 amide bonds. The molecule has 2 aliphatic heterocycles. The van der Waals surface area contributed by atoms with Crippen molar-refractivity contribution < 1.29 is 14.3 Å². The van der Waals surface area contributed by atoms with Crippen molar-refractivity contribution in [2.75, 3.05) is 32.1 Å². The molecule has 2 aliphatic rings. The first-order valence-corrected chi connectivity index (χ1v) is 10.3. The number of likely N-dealkylation sites (tertiary alicyclic amines) is 1. The van der Waals surface area contributed by atoms with Gasteiger partial charge in [0, 0.05) is 43.6 Å². The number of fused-ring (bicyclic) bond motifs is 1. The van der Waals surface area contributed by atoms with E-state index in [0.717, 1.165) is 23.4 Å². The molecule has 0 bridgehead atoms. The van der Waals surface area contributed by atoms with Crippen LogP contribution in [0.4, 0.5) is 10.5 Å². The summed E-state index contributed by atoms with van der Waals surface area (Å²) in [4.78, 5) is 54.0. The number of aromatic nitrogens is 2. The van der Waals surface area contributed by atoms with Gasteiger partial charge in [0.2, 0.25) is 5.91 Å². The Morgan fingerprint density at radius 2 is 1.90 bits per heavy atom. The first-order valence-electron chi connectivity index (χ1n) is 10.3. The van der Waals surface area contributed by atoms with Crippen LogP contribution >= 0.6 is 0 Å². The van der Waals surface area contributed by atoms with Crippen LogP contribution in [0.25, 0.3) is 0 Å². The normalized spacial score (nSPS) is 17.0. The van der Waals surface area contributed by atoms with Gasteiger partial charge in [-0.3, -0.25) is 19.1 Å². The molecule has 10 heteroatoms. The van der Waals surface area contributed by atoms with Crippen LogP contribution in [-0.2, 0) is 17.8 Å². The molecular formula is C21H25N5O5. The molecule has 10 nitrogen and oxygen atoms in total. The van der Waals surface area contributed by atoms with Gasteiger partial charge >= 0.3 is 11.7 Å². The predicted octanol–water partition coefficient (Wildman–Crippen LogP) is 0.626. The van der Waals surface area contributed by atoms with E-state index in [0.29, 0.717) is 32.5 Å². The Morgan fingerprint density at radius 1 is 1.13 bits per heavy atom. The van der Waals surface area contributed by atoms with Crippen molar-refractivity contribution in [2.45, 2.75) is 31.8 Å². The van der Waals surface area contributed by atoms with Crippen molar-refractivity contribution >= 4 is 17.6 Å². The standard InChI is InChI=1S/C21H25N5O5/c1-31-16-2-3-17-14(12-16)4-11-26(21(30)22-17)15-5-8-24(9-6-15)19(28)13-25-10-7-18(27)23-20(25)29/h2-3,7,10,12,15H,4-6,8-9,11,13H2,1H3,(H,22,30)(H,23,27,29). The van der Waals surface area contributed by atoms with E-state index in [-0.39, 0.29) is 24.5 Å². The van der Waals surface area contributed by atoms with Crippen molar-refractivity contribution in [3.8, 4) is 5.75 Å². The minimum Gasteiger partial charge on any atom is -0.497 e. The number of nitrogens with zero attached hydrogens (tertiary/aromatic N) is 3. The van der Waals surface area contributed by atoms with Crippen molar-refractivity contribution in [3.63, 3.8) is 0 Å². The lowest BCUT2D eigenvalue weighted by Gasteiger charge is -2.38. The Morgan fingerprint density at radius 3 is 2.61 bits per heavy atom. The molecule has 0 radical (unpaired) electrons. The number of amides is 3. The Balaban J connectivity index is 1.36. The molecule has 0 unspecified atom stereocenters. The predicted molar refractivity (Wildman–Crippen MR) is 113 cm³/mol. The summed E-state index contributed by atoms with van der Waals surface area (Å²) in [5.74, 6) is 0.572. The number of urea groups is 1. The fraction of sp³-hybridized carbons (Fsp3) is 0.429. The van der Waals surface area contributed by atoms with E-state index in [2.05, 4.69) is 10.3 Å². The Bertz CT molecular complexity index is 1100. The van der Waals surface area contributed by atoms with E-state index in [1.165, 1.54) is 16.8 Å². The van der Waals surface area contributed by atoms with E-state index >= 15 is 0 Å². The van der Waals surface area contributed by atoms with Gasteiger partial charge in [0.25, 0.3) is 5.56 Å². The fourth-order valence-corrected chi connectivity index (χ4v) is 4.15. The number of methoxy groups -OCH3 is 1. The molecular weight excluding hydrogens is 402 g/mol. The van der Waals surface area contributed by atoms with Gasteiger partial charge in [0.1, 0.15) is 12.3 Å². The molecule has 0 spiro atoms. The third kappa shape index (κ3) is 4.47. The summed E-state index contributed by atoms with van der Waals surface area (Å²) in [7, 11) is 1.62. The number of H-pyrrole nitrogens is 1. The number of ether oxygens (including phenoxy) is 1. The van der Waals surface area contributed by atoms with Crippen LogP contribution < -0.4 is 21.3 Å². The number of carbonyl (C=O) groups is 2. The van der Waals surface area contributed by atoms with Crippen LogP contribution in [0.2, 0.25) is 0 Å². The number of nitrogens with one attached hydrogen (secondary N) is 2. The molecule has 1 saturated heterocycles. The summed E-state index contributed by atoms with van der Waals surface area (Å²) in [6.45, 7) is 1.48. The van der Waals surface area contributed by atoms with Crippen LogP contribution in [0.1, 0.15) is 18.4 Å². The summed E-state index contributed by atoms with van der Waals surface area (Å²) in [6, 6.07) is 6.75. The molecule has 3 heterocycles. The van der Waals surface area contributed by atoms with Crippen molar-refractivity contribution in [1.29, 1.82) is 0 Å². The molecule has 0 aliphatic carbocycles. The average Bonchev–Trinajstić information content (AvgIpc) is 2.93. The van der Waals surface area contributed by atoms with Gasteiger partial charge in [-0.25, -0.2) is 9.59 Å². The van der Waals surface area contributed by atoms with Crippen LogP contribution in [0, 0.1) is 0 Å². The maximum atomic E-state index is 12.8. The first kappa shape index (κ1) is 20.7. The summed E-state index contributed by atoms with van der Waals surface area (Å²) >= 11 is 0. The first-order chi connectivity index (χ1) is 14.9. The van der Waals surface area contributed by atoms with Gasteiger partial charge in [-0.1, -0.05) is 0 Å². The highest BCUT2D eigenvalue weighted by atomic mass is 16.5. The quantitative estimate of drug-likeness (QED) is 0.742. The smallest absolute Gasteiger partial charge is 0.328 e. The number of piperidine rings is 1. The van der Waals surface area contributed by atoms with Gasteiger partial charge in [0.05, 0.1) is 7.11 Å². The van der Waals surface area contributed by atoms with Crippen LogP contribution in [-0.4, -0.2) is 64.1 Å². The van der Waals surface area contributed by atoms with Gasteiger partial charge in [-0.15, -0.1) is 0 Å². The number of aromatic amines is 1. The largest absolute Gasteiger partial charge is 0.497 e. The number of rotatable bonds is 4. The zero-order valence-electron chi connectivity index (χ0n) is 17.3. The number of anilines is 1. The number of hydrogen-bond donors (Lipinski definition) is 2. The molecule has 1 aromatic carbocycles. The van der Waals surface area contributed by atoms with Crippen LogP contribution in [0.5, 0.6) is 5.75 Å². The lowest BCUT2D eigenvalue weighted by molar-refractivity contribution is -0.133. The maximum Gasteiger partial charge on any atom is 0.328 e. The third-order valence-corrected chi connectivity index (χ3v) is 5.90. The molecule has 1 aromatic heterocycles. The topological polar surface area (TPSA) is 117 Å². The summed E-state index contributed by atoms with van der Waals surface area (Å²) in [6.07, 6.45) is 3.37. The van der Waals surface area contributed by atoms with E-state index in [1.54, 1.807) is 12.0 Å². The highest BCUT2D eigenvalue weighted by Crippen LogP contribution is 2.27. The second kappa shape index (κ2) is 8.66. The van der Waals surface area contributed by atoms with E-state index < -0.39 is 11.2 Å². The number of benzene rings is 1.